The molecule has 3 atom stereocenters. The fraction of sp³-hybridized carbons (Fsp3) is 1.00. The molecule has 1 rings (SSSR count). The molecule has 2 nitrogen and oxygen atoms in total. The van der Waals surface area contributed by atoms with Crippen molar-refractivity contribution >= 4 is 0 Å². The Labute approximate surface area is 114 Å². The van der Waals surface area contributed by atoms with Gasteiger partial charge in [0.25, 0.3) is 0 Å². The van der Waals surface area contributed by atoms with Crippen LogP contribution in [0.25, 0.3) is 0 Å². The number of ether oxygens (including phenoxy) is 1. The molecule has 0 heterocycles. The van der Waals surface area contributed by atoms with Crippen molar-refractivity contribution in [3.8, 4) is 0 Å². The van der Waals surface area contributed by atoms with Crippen LogP contribution in [0.2, 0.25) is 0 Å². The molecule has 0 amide bonds. The van der Waals surface area contributed by atoms with Crippen molar-refractivity contribution in [3.63, 3.8) is 0 Å². The van der Waals surface area contributed by atoms with Crippen LogP contribution in [0.3, 0.4) is 0 Å². The molecule has 3 unspecified atom stereocenters. The van der Waals surface area contributed by atoms with E-state index < -0.39 is 0 Å². The summed E-state index contributed by atoms with van der Waals surface area (Å²) in [4.78, 5) is 0. The summed E-state index contributed by atoms with van der Waals surface area (Å²) in [6.45, 7) is 11.1. The zero-order valence-electron chi connectivity index (χ0n) is 12.9. The molecule has 0 saturated heterocycles. The monoisotopic (exact) mass is 255 g/mol. The number of hydrogen-bond acceptors (Lipinski definition) is 2. The zero-order valence-corrected chi connectivity index (χ0v) is 12.9. The van der Waals surface area contributed by atoms with Crippen molar-refractivity contribution in [2.75, 3.05) is 13.2 Å². The quantitative estimate of drug-likeness (QED) is 0.708. The smallest absolute Gasteiger partial charge is 0.0626 e. The first kappa shape index (κ1) is 16.0. The van der Waals surface area contributed by atoms with Crippen LogP contribution in [0.1, 0.15) is 66.2 Å². The summed E-state index contributed by atoms with van der Waals surface area (Å²) in [6, 6.07) is 0.518. The molecule has 0 aromatic carbocycles. The molecule has 0 aliphatic heterocycles. The molecule has 0 radical (unpaired) electrons. The normalized spacial score (nSPS) is 26.5. The first-order valence-electron chi connectivity index (χ1n) is 8.04. The van der Waals surface area contributed by atoms with Crippen molar-refractivity contribution in [1.82, 2.24) is 5.32 Å². The van der Waals surface area contributed by atoms with E-state index in [1.165, 1.54) is 38.5 Å². The largest absolute Gasteiger partial charge is 0.376 e. The third kappa shape index (κ3) is 5.27. The van der Waals surface area contributed by atoms with E-state index in [2.05, 4.69) is 33.0 Å². The van der Waals surface area contributed by atoms with Gasteiger partial charge in [0.15, 0.2) is 0 Å². The fourth-order valence-corrected chi connectivity index (χ4v) is 2.90. The molecular weight excluding hydrogens is 222 g/mol. The molecule has 2 heteroatoms. The number of nitrogens with one attached hydrogen (secondary N) is 1. The van der Waals surface area contributed by atoms with Crippen LogP contribution in [-0.2, 0) is 4.74 Å². The Balaban J connectivity index is 2.35. The van der Waals surface area contributed by atoms with Crippen LogP contribution in [0, 0.1) is 11.8 Å². The predicted molar refractivity (Wildman–Crippen MR) is 78.9 cm³/mol. The van der Waals surface area contributed by atoms with E-state index in [0.29, 0.717) is 18.1 Å². The van der Waals surface area contributed by atoms with Gasteiger partial charge in [-0.2, -0.15) is 0 Å². The van der Waals surface area contributed by atoms with E-state index in [1.54, 1.807) is 0 Å². The molecule has 0 aromatic heterocycles. The summed E-state index contributed by atoms with van der Waals surface area (Å²) >= 11 is 0. The Hall–Kier alpha value is -0.0800. The van der Waals surface area contributed by atoms with Crippen LogP contribution in [0.5, 0.6) is 0 Å². The lowest BCUT2D eigenvalue weighted by Crippen LogP contribution is -2.41. The maximum atomic E-state index is 6.24. The number of rotatable bonds is 8. The molecule has 1 aliphatic carbocycles. The average molecular weight is 255 g/mol. The average Bonchev–Trinajstić information content (AvgIpc) is 2.38. The minimum Gasteiger partial charge on any atom is -0.376 e. The van der Waals surface area contributed by atoms with E-state index in [4.69, 9.17) is 4.74 Å². The highest BCUT2D eigenvalue weighted by Crippen LogP contribution is 2.29. The molecular formula is C16H33NO. The molecule has 0 spiro atoms. The lowest BCUT2D eigenvalue weighted by atomic mass is 9.84. The second-order valence-electron chi connectivity index (χ2n) is 6.13. The predicted octanol–water partition coefficient (Wildman–Crippen LogP) is 4.00. The van der Waals surface area contributed by atoms with Gasteiger partial charge in [-0.1, -0.05) is 47.0 Å². The van der Waals surface area contributed by atoms with Crippen molar-refractivity contribution < 1.29 is 4.74 Å². The van der Waals surface area contributed by atoms with Gasteiger partial charge in [0.2, 0.25) is 0 Å². The van der Waals surface area contributed by atoms with E-state index >= 15 is 0 Å². The lowest BCUT2D eigenvalue weighted by Gasteiger charge is -2.33. The van der Waals surface area contributed by atoms with Gasteiger partial charge in [0, 0.05) is 6.04 Å². The highest BCUT2D eigenvalue weighted by molar-refractivity contribution is 4.77. The van der Waals surface area contributed by atoms with E-state index in [1.807, 2.05) is 0 Å². The van der Waals surface area contributed by atoms with Crippen LogP contribution in [0.15, 0.2) is 0 Å². The van der Waals surface area contributed by atoms with Crippen LogP contribution in [0.4, 0.5) is 0 Å². The molecule has 1 aliphatic rings. The minimum absolute atomic E-state index is 0.518. The van der Waals surface area contributed by atoms with Crippen molar-refractivity contribution in [1.29, 1.82) is 0 Å². The summed E-state index contributed by atoms with van der Waals surface area (Å²) < 4.78 is 6.24. The Morgan fingerprint density at radius 2 is 1.89 bits per heavy atom. The summed E-state index contributed by atoms with van der Waals surface area (Å²) in [6.07, 6.45) is 8.40. The molecule has 0 bridgehead atoms. The lowest BCUT2D eigenvalue weighted by molar-refractivity contribution is -0.0261. The van der Waals surface area contributed by atoms with Crippen LogP contribution >= 0.6 is 0 Å². The molecule has 0 aromatic rings. The zero-order chi connectivity index (χ0) is 13.4. The standard InChI is InChI=1S/C16H33NO/c1-5-11-17-15(13(3)4)12-18-16-10-8-7-9-14(16)6-2/h13-17H,5-12H2,1-4H3. The second-order valence-corrected chi connectivity index (χ2v) is 6.13. The van der Waals surface area contributed by atoms with Gasteiger partial charge in [0.05, 0.1) is 12.7 Å². The first-order chi connectivity index (χ1) is 8.69. The van der Waals surface area contributed by atoms with Gasteiger partial charge in [-0.15, -0.1) is 0 Å². The third-order valence-corrected chi connectivity index (χ3v) is 4.31. The molecule has 1 fully saturated rings. The van der Waals surface area contributed by atoms with Gasteiger partial charge in [-0.05, 0) is 37.6 Å². The van der Waals surface area contributed by atoms with Gasteiger partial charge < -0.3 is 10.1 Å². The fourth-order valence-electron chi connectivity index (χ4n) is 2.90. The maximum absolute atomic E-state index is 6.24. The molecule has 1 saturated carbocycles. The molecule has 108 valence electrons. The Bertz CT molecular complexity index is 205. The van der Waals surface area contributed by atoms with Crippen molar-refractivity contribution in [2.45, 2.75) is 78.4 Å². The van der Waals surface area contributed by atoms with Gasteiger partial charge in [-0.25, -0.2) is 0 Å². The van der Waals surface area contributed by atoms with Crippen molar-refractivity contribution in [3.05, 3.63) is 0 Å². The SMILES string of the molecule is CCCNC(COC1CCCCC1CC)C(C)C. The van der Waals surface area contributed by atoms with E-state index in [-0.39, 0.29) is 0 Å². The topological polar surface area (TPSA) is 21.3 Å². The maximum Gasteiger partial charge on any atom is 0.0626 e. The highest BCUT2D eigenvalue weighted by Gasteiger charge is 2.25. The second kappa shape index (κ2) is 8.92. The van der Waals surface area contributed by atoms with Crippen LogP contribution < -0.4 is 5.32 Å². The van der Waals surface area contributed by atoms with Gasteiger partial charge in [0.1, 0.15) is 0 Å². The Kier molecular flexibility index (Phi) is 7.92. The molecule has 1 N–H and O–H groups in total. The Morgan fingerprint density at radius 3 is 2.50 bits per heavy atom. The Morgan fingerprint density at radius 1 is 1.17 bits per heavy atom. The number of hydrogen-bond donors (Lipinski definition) is 1. The van der Waals surface area contributed by atoms with Crippen LogP contribution in [-0.4, -0.2) is 25.3 Å². The van der Waals surface area contributed by atoms with Crippen molar-refractivity contribution in [2.24, 2.45) is 11.8 Å². The van der Waals surface area contributed by atoms with E-state index in [0.717, 1.165) is 19.1 Å². The van der Waals surface area contributed by atoms with Gasteiger partial charge >= 0.3 is 0 Å². The summed E-state index contributed by atoms with van der Waals surface area (Å²) in [7, 11) is 0. The molecule has 18 heavy (non-hydrogen) atoms. The summed E-state index contributed by atoms with van der Waals surface area (Å²) in [5.74, 6) is 1.46. The first-order valence-corrected chi connectivity index (χ1v) is 8.04. The summed E-state index contributed by atoms with van der Waals surface area (Å²) in [5.41, 5.74) is 0. The minimum atomic E-state index is 0.518. The summed E-state index contributed by atoms with van der Waals surface area (Å²) in [5, 5.41) is 3.62. The van der Waals surface area contributed by atoms with E-state index in [9.17, 15) is 0 Å². The highest BCUT2D eigenvalue weighted by atomic mass is 16.5. The third-order valence-electron chi connectivity index (χ3n) is 4.31. The van der Waals surface area contributed by atoms with Gasteiger partial charge in [-0.3, -0.25) is 0 Å².